The zero-order chi connectivity index (χ0) is 18.0. The minimum absolute atomic E-state index is 0.0436. The van der Waals surface area contributed by atoms with Crippen molar-refractivity contribution in [3.8, 4) is 11.5 Å². The van der Waals surface area contributed by atoms with Crippen molar-refractivity contribution < 1.29 is 14.3 Å². The molecule has 1 amide bonds. The van der Waals surface area contributed by atoms with E-state index in [4.69, 9.17) is 9.47 Å². The Morgan fingerprint density at radius 1 is 1.08 bits per heavy atom. The molecule has 2 aromatic rings. The summed E-state index contributed by atoms with van der Waals surface area (Å²) in [6.07, 6.45) is 0.560. The van der Waals surface area contributed by atoms with Crippen LogP contribution in [0.15, 0.2) is 48.5 Å². The van der Waals surface area contributed by atoms with Gasteiger partial charge < -0.3 is 14.4 Å². The van der Waals surface area contributed by atoms with E-state index in [0.29, 0.717) is 6.54 Å². The molecule has 0 N–H and O–H groups in total. The van der Waals surface area contributed by atoms with Gasteiger partial charge in [-0.3, -0.25) is 0 Å². The number of ether oxygens (including phenoxy) is 2. The molecule has 132 valence electrons. The Morgan fingerprint density at radius 3 is 2.48 bits per heavy atom. The fraction of sp³-hybridized carbons (Fsp3) is 0.381. The highest BCUT2D eigenvalue weighted by Crippen LogP contribution is 2.34. The average Bonchev–Trinajstić information content (AvgIpc) is 2.55. The van der Waals surface area contributed by atoms with Gasteiger partial charge in [-0.15, -0.1) is 0 Å². The topological polar surface area (TPSA) is 38.8 Å². The van der Waals surface area contributed by atoms with E-state index >= 15 is 0 Å². The standard InChI is InChI=1S/C21H25NO3/c1-15-19-14-18(24-17-8-6-5-7-9-17)11-10-16(19)12-13-22(15)20(23)25-21(2,3)4/h5-11,14-15H,12-13H2,1-4H3/t15-/m0/s1. The molecule has 0 aromatic heterocycles. The predicted molar refractivity (Wildman–Crippen MR) is 98.0 cm³/mol. The number of rotatable bonds is 2. The van der Waals surface area contributed by atoms with Gasteiger partial charge in [-0.1, -0.05) is 24.3 Å². The summed E-state index contributed by atoms with van der Waals surface area (Å²) < 4.78 is 11.5. The van der Waals surface area contributed by atoms with Crippen molar-refractivity contribution in [2.24, 2.45) is 0 Å². The van der Waals surface area contributed by atoms with Gasteiger partial charge >= 0.3 is 6.09 Å². The Bertz CT molecular complexity index is 749. The normalized spacial score (nSPS) is 17.0. The van der Waals surface area contributed by atoms with Crippen LogP contribution in [0.1, 0.15) is 44.9 Å². The number of fused-ring (bicyclic) bond motifs is 1. The smallest absolute Gasteiger partial charge is 0.410 e. The summed E-state index contributed by atoms with van der Waals surface area (Å²) >= 11 is 0. The van der Waals surface area contributed by atoms with Gasteiger partial charge in [0.15, 0.2) is 0 Å². The number of nitrogens with zero attached hydrogens (tertiary/aromatic N) is 1. The third-order valence-electron chi connectivity index (χ3n) is 4.26. The maximum absolute atomic E-state index is 12.5. The molecule has 1 aliphatic rings. The molecule has 4 heteroatoms. The van der Waals surface area contributed by atoms with Crippen molar-refractivity contribution in [2.75, 3.05) is 6.54 Å². The van der Waals surface area contributed by atoms with Crippen molar-refractivity contribution >= 4 is 6.09 Å². The fourth-order valence-corrected chi connectivity index (χ4v) is 3.05. The number of benzene rings is 2. The minimum atomic E-state index is -0.491. The molecule has 1 atom stereocenters. The van der Waals surface area contributed by atoms with E-state index in [0.717, 1.165) is 23.5 Å². The summed E-state index contributed by atoms with van der Waals surface area (Å²) in [4.78, 5) is 14.3. The maximum Gasteiger partial charge on any atom is 0.410 e. The average molecular weight is 339 g/mol. The summed E-state index contributed by atoms with van der Waals surface area (Å²) in [5.74, 6) is 1.58. The fourth-order valence-electron chi connectivity index (χ4n) is 3.05. The molecule has 4 nitrogen and oxygen atoms in total. The van der Waals surface area contributed by atoms with Crippen LogP contribution >= 0.6 is 0 Å². The lowest BCUT2D eigenvalue weighted by molar-refractivity contribution is 0.0159. The molecule has 1 heterocycles. The van der Waals surface area contributed by atoms with E-state index in [9.17, 15) is 4.79 Å². The molecule has 0 aliphatic carbocycles. The molecule has 0 unspecified atom stereocenters. The highest BCUT2D eigenvalue weighted by atomic mass is 16.6. The zero-order valence-electron chi connectivity index (χ0n) is 15.3. The number of carbonyl (C=O) groups excluding carboxylic acids is 1. The van der Waals surface area contributed by atoms with Gasteiger partial charge in [-0.25, -0.2) is 4.79 Å². The van der Waals surface area contributed by atoms with E-state index in [1.165, 1.54) is 5.56 Å². The SMILES string of the molecule is C[C@H]1c2cc(Oc3ccccc3)ccc2CCN1C(=O)OC(C)(C)C. The maximum atomic E-state index is 12.5. The molecule has 0 fully saturated rings. The van der Waals surface area contributed by atoms with Crippen molar-refractivity contribution in [2.45, 2.75) is 45.8 Å². The highest BCUT2D eigenvalue weighted by Gasteiger charge is 2.31. The Labute approximate surface area is 149 Å². The Morgan fingerprint density at radius 2 is 1.80 bits per heavy atom. The van der Waals surface area contributed by atoms with Crippen LogP contribution in [0.4, 0.5) is 4.79 Å². The Balaban J connectivity index is 1.80. The lowest BCUT2D eigenvalue weighted by Crippen LogP contribution is -2.42. The second-order valence-electron chi connectivity index (χ2n) is 7.38. The molecule has 0 radical (unpaired) electrons. The minimum Gasteiger partial charge on any atom is -0.457 e. The van der Waals surface area contributed by atoms with Crippen LogP contribution in [0, 0.1) is 0 Å². The van der Waals surface area contributed by atoms with Crippen molar-refractivity contribution in [1.29, 1.82) is 0 Å². The van der Waals surface area contributed by atoms with Crippen molar-refractivity contribution in [3.05, 3.63) is 59.7 Å². The third kappa shape index (κ3) is 4.13. The lowest BCUT2D eigenvalue weighted by atomic mass is 9.93. The molecule has 0 bridgehead atoms. The number of hydrogen-bond donors (Lipinski definition) is 0. The van der Waals surface area contributed by atoms with Gasteiger partial charge in [-0.05, 0) is 69.5 Å². The van der Waals surface area contributed by atoms with Crippen molar-refractivity contribution in [3.63, 3.8) is 0 Å². The molecule has 3 rings (SSSR count). The van der Waals surface area contributed by atoms with Gasteiger partial charge in [0.05, 0.1) is 6.04 Å². The van der Waals surface area contributed by atoms with E-state index in [1.807, 2.05) is 70.2 Å². The number of para-hydroxylation sites is 1. The van der Waals surface area contributed by atoms with E-state index in [-0.39, 0.29) is 12.1 Å². The quantitative estimate of drug-likeness (QED) is 0.742. The molecular weight excluding hydrogens is 314 g/mol. The van der Waals surface area contributed by atoms with Gasteiger partial charge in [0.1, 0.15) is 17.1 Å². The van der Waals surface area contributed by atoms with E-state index in [2.05, 4.69) is 6.07 Å². The highest BCUT2D eigenvalue weighted by molar-refractivity contribution is 5.69. The Hall–Kier alpha value is -2.49. The second kappa shape index (κ2) is 6.79. The van der Waals surface area contributed by atoms with Crippen LogP contribution in [0.5, 0.6) is 11.5 Å². The van der Waals surface area contributed by atoms with Gasteiger partial charge in [0, 0.05) is 6.54 Å². The van der Waals surface area contributed by atoms with E-state index < -0.39 is 5.60 Å². The number of hydrogen-bond acceptors (Lipinski definition) is 3. The molecule has 0 saturated heterocycles. The van der Waals surface area contributed by atoms with Crippen LogP contribution in [0.3, 0.4) is 0 Å². The molecule has 25 heavy (non-hydrogen) atoms. The molecule has 0 saturated carbocycles. The molecule has 1 aliphatic heterocycles. The number of carbonyl (C=O) groups is 1. The Kier molecular flexibility index (Phi) is 4.71. The van der Waals surface area contributed by atoms with Gasteiger partial charge in [0.25, 0.3) is 0 Å². The van der Waals surface area contributed by atoms with Crippen molar-refractivity contribution in [1.82, 2.24) is 4.90 Å². The van der Waals surface area contributed by atoms with Crippen LogP contribution in [0.25, 0.3) is 0 Å². The lowest BCUT2D eigenvalue weighted by Gasteiger charge is -2.36. The second-order valence-corrected chi connectivity index (χ2v) is 7.38. The first kappa shape index (κ1) is 17.3. The summed E-state index contributed by atoms with van der Waals surface area (Å²) in [5, 5.41) is 0. The summed E-state index contributed by atoms with van der Waals surface area (Å²) in [5.41, 5.74) is 1.88. The number of amides is 1. The summed E-state index contributed by atoms with van der Waals surface area (Å²) in [6.45, 7) is 8.37. The third-order valence-corrected chi connectivity index (χ3v) is 4.26. The predicted octanol–water partition coefficient (Wildman–Crippen LogP) is 5.33. The largest absolute Gasteiger partial charge is 0.457 e. The summed E-state index contributed by atoms with van der Waals surface area (Å²) in [6, 6.07) is 15.8. The zero-order valence-corrected chi connectivity index (χ0v) is 15.3. The van der Waals surface area contributed by atoms with Crippen LogP contribution < -0.4 is 4.74 Å². The summed E-state index contributed by atoms with van der Waals surface area (Å²) in [7, 11) is 0. The van der Waals surface area contributed by atoms with Gasteiger partial charge in [-0.2, -0.15) is 0 Å². The first-order valence-corrected chi connectivity index (χ1v) is 8.69. The van der Waals surface area contributed by atoms with Crippen LogP contribution in [-0.2, 0) is 11.2 Å². The van der Waals surface area contributed by atoms with Crippen LogP contribution in [0.2, 0.25) is 0 Å². The first-order chi connectivity index (χ1) is 11.8. The molecular formula is C21H25NO3. The van der Waals surface area contributed by atoms with E-state index in [1.54, 1.807) is 4.90 Å². The van der Waals surface area contributed by atoms with Gasteiger partial charge in [0.2, 0.25) is 0 Å². The van der Waals surface area contributed by atoms with Crippen LogP contribution in [-0.4, -0.2) is 23.1 Å². The monoisotopic (exact) mass is 339 g/mol. The first-order valence-electron chi connectivity index (χ1n) is 8.69. The molecule has 0 spiro atoms. The molecule has 2 aromatic carbocycles.